The molecule has 0 saturated carbocycles. The third kappa shape index (κ3) is 3.99. The van der Waals surface area contributed by atoms with Crippen LogP contribution < -0.4 is 11.1 Å². The fraction of sp³-hybridized carbons (Fsp3) is 0.174. The molecule has 1 atom stereocenters. The first kappa shape index (κ1) is 19.5. The molecule has 2 aromatic heterocycles. The molecule has 6 heteroatoms. The Balaban J connectivity index is 1.86. The van der Waals surface area contributed by atoms with Gasteiger partial charge in [-0.15, -0.1) is 0 Å². The van der Waals surface area contributed by atoms with Gasteiger partial charge in [-0.3, -0.25) is 0 Å². The Morgan fingerprint density at radius 1 is 1.03 bits per heavy atom. The summed E-state index contributed by atoms with van der Waals surface area (Å²) in [5, 5.41) is 4.00. The molecule has 4 aromatic rings. The van der Waals surface area contributed by atoms with Crippen molar-refractivity contribution in [2.45, 2.75) is 12.8 Å². The number of anilines is 1. The first-order chi connectivity index (χ1) is 14.1. The van der Waals surface area contributed by atoms with Gasteiger partial charge in [0.25, 0.3) is 0 Å². The van der Waals surface area contributed by atoms with E-state index in [9.17, 15) is 0 Å². The number of nitrogens with two attached hydrogens (primary N) is 1. The molecule has 0 aliphatic carbocycles. The molecule has 146 valence electrons. The van der Waals surface area contributed by atoms with E-state index in [0.717, 1.165) is 38.8 Å². The lowest BCUT2D eigenvalue weighted by molar-refractivity contribution is 0.678. The second kappa shape index (κ2) is 8.27. The molecule has 3 N–H and O–H groups in total. The molecule has 0 fully saturated rings. The van der Waals surface area contributed by atoms with Gasteiger partial charge in [0.05, 0.1) is 11.1 Å². The summed E-state index contributed by atoms with van der Waals surface area (Å²) in [6.07, 6.45) is 1.46. The summed E-state index contributed by atoms with van der Waals surface area (Å²) in [5.41, 5.74) is 12.0. The van der Waals surface area contributed by atoms with Crippen LogP contribution in [0.15, 0.2) is 65.4 Å². The Morgan fingerprint density at radius 2 is 1.83 bits per heavy atom. The average Bonchev–Trinajstić information content (AvgIpc) is 2.73. The Hall–Kier alpha value is -2.83. The van der Waals surface area contributed by atoms with E-state index in [2.05, 4.69) is 80.6 Å². The fourth-order valence-corrected chi connectivity index (χ4v) is 3.93. The zero-order valence-corrected chi connectivity index (χ0v) is 17.9. The molecule has 2 aromatic carbocycles. The molecule has 0 radical (unpaired) electrons. The second-order valence-corrected chi connectivity index (χ2v) is 8.02. The highest BCUT2D eigenvalue weighted by atomic mass is 79.9. The van der Waals surface area contributed by atoms with Crippen molar-refractivity contribution in [2.75, 3.05) is 19.3 Å². The van der Waals surface area contributed by atoms with Crippen LogP contribution in [0.2, 0.25) is 0 Å². The summed E-state index contributed by atoms with van der Waals surface area (Å²) in [6, 6.07) is 18.7. The summed E-state index contributed by atoms with van der Waals surface area (Å²) >= 11 is 3.56. The van der Waals surface area contributed by atoms with Crippen molar-refractivity contribution in [3.63, 3.8) is 0 Å². The smallest absolute Gasteiger partial charge is 0.165 e. The minimum Gasteiger partial charge on any atom is -0.383 e. The fourth-order valence-electron chi connectivity index (χ4n) is 3.53. The summed E-state index contributed by atoms with van der Waals surface area (Å²) < 4.78 is 1.000. The maximum Gasteiger partial charge on any atom is 0.165 e. The number of aromatic nitrogens is 3. The van der Waals surface area contributed by atoms with Crippen molar-refractivity contribution in [1.29, 1.82) is 0 Å². The van der Waals surface area contributed by atoms with Crippen molar-refractivity contribution in [3.05, 3.63) is 71.0 Å². The largest absolute Gasteiger partial charge is 0.383 e. The van der Waals surface area contributed by atoms with Crippen molar-refractivity contribution >= 4 is 32.8 Å². The number of fused-ring (bicyclic) bond motifs is 1. The van der Waals surface area contributed by atoms with Crippen LogP contribution in [0.1, 0.15) is 18.4 Å². The molecule has 2 heterocycles. The number of pyridine rings is 1. The summed E-state index contributed by atoms with van der Waals surface area (Å²) in [6.45, 7) is 3.15. The van der Waals surface area contributed by atoms with Gasteiger partial charge < -0.3 is 11.1 Å². The molecule has 0 aliphatic heterocycles. The van der Waals surface area contributed by atoms with E-state index in [1.54, 1.807) is 0 Å². The first-order valence-electron chi connectivity index (χ1n) is 9.49. The van der Waals surface area contributed by atoms with Crippen molar-refractivity contribution in [3.8, 4) is 22.4 Å². The molecule has 0 bridgehead atoms. The second-order valence-electron chi connectivity index (χ2n) is 7.10. The minimum absolute atomic E-state index is 0.431. The van der Waals surface area contributed by atoms with Gasteiger partial charge >= 0.3 is 0 Å². The van der Waals surface area contributed by atoms with Crippen LogP contribution in [0.25, 0.3) is 33.4 Å². The Labute approximate surface area is 178 Å². The molecular formula is C23H22BrN5. The Bertz CT molecular complexity index is 1160. The summed E-state index contributed by atoms with van der Waals surface area (Å²) in [4.78, 5) is 13.3. The van der Waals surface area contributed by atoms with Gasteiger partial charge in [0.15, 0.2) is 5.65 Å². The SMILES string of the molecule is CNCC(C)c1ccc(-c2cc(-c3cccc(Br)c3)c3c(N)ncnc3n2)cc1. The van der Waals surface area contributed by atoms with Crippen molar-refractivity contribution in [2.24, 2.45) is 0 Å². The van der Waals surface area contributed by atoms with Crippen molar-refractivity contribution in [1.82, 2.24) is 20.3 Å². The van der Waals surface area contributed by atoms with Crippen molar-refractivity contribution < 1.29 is 0 Å². The maximum atomic E-state index is 6.19. The molecule has 0 aliphatic rings. The van der Waals surface area contributed by atoms with Crippen LogP contribution in [-0.4, -0.2) is 28.5 Å². The molecule has 29 heavy (non-hydrogen) atoms. The van der Waals surface area contributed by atoms with E-state index < -0.39 is 0 Å². The van der Waals surface area contributed by atoms with E-state index in [-0.39, 0.29) is 0 Å². The van der Waals surface area contributed by atoms with Crippen LogP contribution in [0.4, 0.5) is 5.82 Å². The van der Waals surface area contributed by atoms with Crippen LogP contribution >= 0.6 is 15.9 Å². The average molecular weight is 448 g/mol. The summed E-state index contributed by atoms with van der Waals surface area (Å²) in [5.74, 6) is 0.878. The lowest BCUT2D eigenvalue weighted by atomic mass is 9.97. The van der Waals surface area contributed by atoms with Gasteiger partial charge in [-0.05, 0) is 47.9 Å². The topological polar surface area (TPSA) is 76.7 Å². The standard InChI is InChI=1S/C23H22BrN5/c1-14(12-26-2)15-6-8-16(9-7-15)20-11-19(17-4-3-5-18(24)10-17)21-22(25)27-13-28-23(21)29-20/h3-11,13-14,26H,12H2,1-2H3,(H2,25,27,28,29). The number of halogens is 1. The summed E-state index contributed by atoms with van der Waals surface area (Å²) in [7, 11) is 1.97. The van der Waals surface area contributed by atoms with Gasteiger partial charge in [-0.25, -0.2) is 15.0 Å². The number of benzene rings is 2. The quantitative estimate of drug-likeness (QED) is 0.448. The predicted octanol–water partition coefficient (Wildman–Crippen LogP) is 5.03. The van der Waals surface area contributed by atoms with Crippen LogP contribution in [0.5, 0.6) is 0 Å². The van der Waals surface area contributed by atoms with Gasteiger partial charge in [-0.1, -0.05) is 59.3 Å². The highest BCUT2D eigenvalue weighted by Gasteiger charge is 2.14. The maximum absolute atomic E-state index is 6.19. The van der Waals surface area contributed by atoms with Gasteiger partial charge in [0.1, 0.15) is 12.1 Å². The van der Waals surface area contributed by atoms with E-state index in [1.165, 1.54) is 11.9 Å². The lowest BCUT2D eigenvalue weighted by Crippen LogP contribution is -2.14. The van der Waals surface area contributed by atoms with Gasteiger partial charge in [0.2, 0.25) is 0 Å². The van der Waals surface area contributed by atoms with Gasteiger partial charge in [0, 0.05) is 16.6 Å². The minimum atomic E-state index is 0.431. The number of likely N-dealkylation sites (N-methyl/N-ethyl adjacent to an activating group) is 1. The highest BCUT2D eigenvalue weighted by molar-refractivity contribution is 9.10. The lowest BCUT2D eigenvalue weighted by Gasteiger charge is -2.13. The molecular weight excluding hydrogens is 426 g/mol. The zero-order valence-electron chi connectivity index (χ0n) is 16.4. The normalized spacial score (nSPS) is 12.2. The molecule has 0 saturated heterocycles. The van der Waals surface area contributed by atoms with Crippen LogP contribution in [0, 0.1) is 0 Å². The predicted molar refractivity (Wildman–Crippen MR) is 123 cm³/mol. The number of hydrogen-bond donors (Lipinski definition) is 2. The van der Waals surface area contributed by atoms with E-state index in [4.69, 9.17) is 10.7 Å². The molecule has 0 amide bonds. The van der Waals surface area contributed by atoms with E-state index >= 15 is 0 Å². The van der Waals surface area contributed by atoms with E-state index in [1.807, 2.05) is 19.2 Å². The number of hydrogen-bond acceptors (Lipinski definition) is 5. The number of nitrogens with one attached hydrogen (secondary N) is 1. The molecule has 4 rings (SSSR count). The van der Waals surface area contributed by atoms with Crippen LogP contribution in [0.3, 0.4) is 0 Å². The number of nitrogens with zero attached hydrogens (tertiary/aromatic N) is 3. The van der Waals surface area contributed by atoms with Gasteiger partial charge in [-0.2, -0.15) is 0 Å². The van der Waals surface area contributed by atoms with Crippen LogP contribution in [-0.2, 0) is 0 Å². The first-order valence-corrected chi connectivity index (χ1v) is 10.3. The Morgan fingerprint density at radius 3 is 2.55 bits per heavy atom. The Kier molecular flexibility index (Phi) is 5.56. The molecule has 5 nitrogen and oxygen atoms in total. The molecule has 1 unspecified atom stereocenters. The zero-order chi connectivity index (χ0) is 20.4. The number of rotatable bonds is 5. The monoisotopic (exact) mass is 447 g/mol. The molecule has 0 spiro atoms. The number of nitrogen functional groups attached to an aromatic ring is 1. The third-order valence-corrected chi connectivity index (χ3v) is 5.55. The van der Waals surface area contributed by atoms with E-state index in [0.29, 0.717) is 17.4 Å². The highest BCUT2D eigenvalue weighted by Crippen LogP contribution is 2.34. The third-order valence-electron chi connectivity index (χ3n) is 5.05.